The van der Waals surface area contributed by atoms with Gasteiger partial charge in [-0.05, 0) is 38.5 Å². The lowest BCUT2D eigenvalue weighted by atomic mass is 10.2. The Kier molecular flexibility index (Phi) is 4.24. The Bertz CT molecular complexity index is 1130. The third-order valence-corrected chi connectivity index (χ3v) is 5.78. The van der Waals surface area contributed by atoms with Crippen molar-refractivity contribution >= 4 is 44.9 Å². The SMILES string of the molecule is Cc1cc(NC(=O)c2cc(C)n(C)n2)n(-c2nc3c(C)ccc(Cl)c3s2)n1. The van der Waals surface area contributed by atoms with Crippen molar-refractivity contribution in [2.45, 2.75) is 20.8 Å². The number of hydrogen-bond donors (Lipinski definition) is 1. The first-order valence-corrected chi connectivity index (χ1v) is 9.47. The number of fused-ring (bicyclic) bond motifs is 1. The van der Waals surface area contributed by atoms with Crippen LogP contribution in [0.25, 0.3) is 15.3 Å². The minimum absolute atomic E-state index is 0.296. The highest BCUT2D eigenvalue weighted by Crippen LogP contribution is 2.34. The predicted molar refractivity (Wildman–Crippen MR) is 107 cm³/mol. The second-order valence-corrected chi connectivity index (χ2v) is 7.75. The van der Waals surface area contributed by atoms with Crippen LogP contribution in [0.2, 0.25) is 5.02 Å². The summed E-state index contributed by atoms with van der Waals surface area (Å²) in [6, 6.07) is 7.34. The van der Waals surface area contributed by atoms with Gasteiger partial charge in [-0.15, -0.1) is 0 Å². The van der Waals surface area contributed by atoms with Crippen molar-refractivity contribution in [3.63, 3.8) is 0 Å². The summed E-state index contributed by atoms with van der Waals surface area (Å²) in [5, 5.41) is 12.9. The van der Waals surface area contributed by atoms with Crippen LogP contribution in [0, 0.1) is 20.8 Å². The van der Waals surface area contributed by atoms with E-state index in [-0.39, 0.29) is 5.91 Å². The third kappa shape index (κ3) is 3.11. The van der Waals surface area contributed by atoms with Gasteiger partial charge in [0.05, 0.1) is 20.9 Å². The summed E-state index contributed by atoms with van der Waals surface area (Å²) >= 11 is 7.75. The van der Waals surface area contributed by atoms with Crippen molar-refractivity contribution in [1.29, 1.82) is 0 Å². The van der Waals surface area contributed by atoms with Crippen molar-refractivity contribution < 1.29 is 4.79 Å². The molecule has 7 nitrogen and oxygen atoms in total. The number of anilines is 1. The van der Waals surface area contributed by atoms with E-state index in [0.29, 0.717) is 21.7 Å². The lowest BCUT2D eigenvalue weighted by Gasteiger charge is -2.04. The van der Waals surface area contributed by atoms with Gasteiger partial charge in [-0.25, -0.2) is 4.98 Å². The average Bonchev–Trinajstić information content (AvgIpc) is 3.30. The topological polar surface area (TPSA) is 77.6 Å². The maximum Gasteiger partial charge on any atom is 0.277 e. The molecule has 3 aromatic heterocycles. The number of benzene rings is 1. The van der Waals surface area contributed by atoms with E-state index in [9.17, 15) is 4.79 Å². The van der Waals surface area contributed by atoms with E-state index in [0.717, 1.165) is 27.2 Å². The molecule has 4 aromatic rings. The van der Waals surface area contributed by atoms with E-state index in [1.807, 2.05) is 32.9 Å². The zero-order chi connectivity index (χ0) is 19.3. The first-order chi connectivity index (χ1) is 12.8. The molecule has 0 aliphatic heterocycles. The summed E-state index contributed by atoms with van der Waals surface area (Å²) < 4.78 is 4.19. The van der Waals surface area contributed by atoms with Crippen molar-refractivity contribution in [3.05, 3.63) is 51.9 Å². The predicted octanol–water partition coefficient (Wildman–Crippen LogP) is 4.05. The molecule has 9 heteroatoms. The Balaban J connectivity index is 1.74. The molecule has 0 fully saturated rings. The fraction of sp³-hybridized carbons (Fsp3) is 0.222. The van der Waals surface area contributed by atoms with Crippen LogP contribution >= 0.6 is 22.9 Å². The number of nitrogens with one attached hydrogen (secondary N) is 1. The van der Waals surface area contributed by atoms with E-state index in [2.05, 4.69) is 20.5 Å². The van der Waals surface area contributed by atoms with Gasteiger partial charge < -0.3 is 5.32 Å². The Morgan fingerprint density at radius 3 is 2.63 bits per heavy atom. The molecule has 0 radical (unpaired) electrons. The van der Waals surface area contributed by atoms with E-state index in [4.69, 9.17) is 11.6 Å². The van der Waals surface area contributed by atoms with Gasteiger partial charge in [-0.1, -0.05) is 29.0 Å². The highest BCUT2D eigenvalue weighted by molar-refractivity contribution is 7.21. The lowest BCUT2D eigenvalue weighted by molar-refractivity contribution is 0.102. The first-order valence-electron chi connectivity index (χ1n) is 8.28. The summed E-state index contributed by atoms with van der Waals surface area (Å²) in [6.07, 6.45) is 0. The molecule has 1 amide bonds. The summed E-state index contributed by atoms with van der Waals surface area (Å²) in [5.74, 6) is 0.240. The largest absolute Gasteiger partial charge is 0.305 e. The Morgan fingerprint density at radius 1 is 1.19 bits per heavy atom. The molecule has 4 rings (SSSR count). The van der Waals surface area contributed by atoms with E-state index in [1.54, 1.807) is 28.5 Å². The van der Waals surface area contributed by atoms with Crippen LogP contribution in [-0.4, -0.2) is 30.5 Å². The molecule has 138 valence electrons. The fourth-order valence-corrected chi connectivity index (χ4v) is 4.05. The number of hydrogen-bond acceptors (Lipinski definition) is 5. The van der Waals surface area contributed by atoms with Crippen molar-refractivity contribution in [3.8, 4) is 5.13 Å². The standard InChI is InChI=1S/C18H17ClN6OS/c1-9-5-6-12(19)16-15(9)21-18(27-16)25-14(7-10(2)22-25)20-17(26)13-8-11(3)24(4)23-13/h5-8H,1-4H3,(H,20,26). The van der Waals surface area contributed by atoms with Gasteiger partial charge in [-0.2, -0.15) is 14.9 Å². The van der Waals surface area contributed by atoms with Gasteiger partial charge in [0.25, 0.3) is 5.91 Å². The molecule has 0 bridgehead atoms. The van der Waals surface area contributed by atoms with Crippen LogP contribution in [0.3, 0.4) is 0 Å². The van der Waals surface area contributed by atoms with Crippen molar-refractivity contribution in [1.82, 2.24) is 24.5 Å². The van der Waals surface area contributed by atoms with Crippen molar-refractivity contribution in [2.24, 2.45) is 7.05 Å². The molecule has 0 aliphatic rings. The lowest BCUT2D eigenvalue weighted by Crippen LogP contribution is -2.16. The first kappa shape index (κ1) is 17.7. The van der Waals surface area contributed by atoms with Gasteiger partial charge in [0.2, 0.25) is 5.13 Å². The second-order valence-electron chi connectivity index (χ2n) is 6.37. The summed E-state index contributed by atoms with van der Waals surface area (Å²) in [7, 11) is 1.80. The number of carbonyl (C=O) groups excluding carboxylic acids is 1. The molecule has 0 saturated carbocycles. The molecule has 0 atom stereocenters. The minimum atomic E-state index is -0.296. The van der Waals surface area contributed by atoms with Gasteiger partial charge in [0, 0.05) is 18.8 Å². The quantitative estimate of drug-likeness (QED) is 0.562. The van der Waals surface area contributed by atoms with Crippen LogP contribution in [-0.2, 0) is 7.05 Å². The summed E-state index contributed by atoms with van der Waals surface area (Å²) in [5.41, 5.74) is 3.90. The van der Waals surface area contributed by atoms with E-state index >= 15 is 0 Å². The van der Waals surface area contributed by atoms with E-state index in [1.165, 1.54) is 11.3 Å². The molecule has 0 aliphatic carbocycles. The van der Waals surface area contributed by atoms with E-state index < -0.39 is 0 Å². The number of thiazole rings is 1. The Hall–Kier alpha value is -2.71. The highest BCUT2D eigenvalue weighted by atomic mass is 35.5. The van der Waals surface area contributed by atoms with Gasteiger partial charge >= 0.3 is 0 Å². The average molecular weight is 401 g/mol. The maximum atomic E-state index is 12.6. The van der Waals surface area contributed by atoms with Crippen LogP contribution in [0.1, 0.15) is 27.4 Å². The summed E-state index contributed by atoms with van der Waals surface area (Å²) in [4.78, 5) is 17.3. The Labute approximate surface area is 164 Å². The van der Waals surface area contributed by atoms with Crippen molar-refractivity contribution in [2.75, 3.05) is 5.32 Å². The zero-order valence-electron chi connectivity index (χ0n) is 15.2. The maximum absolute atomic E-state index is 12.6. The number of amides is 1. The molecular weight excluding hydrogens is 384 g/mol. The third-order valence-electron chi connectivity index (χ3n) is 4.29. The monoisotopic (exact) mass is 400 g/mol. The van der Waals surface area contributed by atoms with Gasteiger partial charge in [-0.3, -0.25) is 9.48 Å². The number of rotatable bonds is 3. The number of aromatic nitrogens is 5. The van der Waals surface area contributed by atoms with Crippen LogP contribution in [0.4, 0.5) is 5.82 Å². The van der Waals surface area contributed by atoms with Crippen LogP contribution in [0.5, 0.6) is 0 Å². The Morgan fingerprint density at radius 2 is 1.96 bits per heavy atom. The molecule has 0 unspecified atom stereocenters. The summed E-state index contributed by atoms with van der Waals surface area (Å²) in [6.45, 7) is 5.75. The molecule has 3 heterocycles. The molecular formula is C18H17ClN6OS. The number of aryl methyl sites for hydroxylation is 4. The van der Waals surface area contributed by atoms with Gasteiger partial charge in [0.1, 0.15) is 5.82 Å². The highest BCUT2D eigenvalue weighted by Gasteiger charge is 2.18. The molecule has 0 saturated heterocycles. The normalized spacial score (nSPS) is 11.3. The number of carbonyl (C=O) groups is 1. The molecule has 27 heavy (non-hydrogen) atoms. The fourth-order valence-electron chi connectivity index (χ4n) is 2.77. The molecule has 1 aromatic carbocycles. The number of halogens is 1. The smallest absolute Gasteiger partial charge is 0.277 e. The van der Waals surface area contributed by atoms with Gasteiger partial charge in [0.15, 0.2) is 5.69 Å². The second kappa shape index (κ2) is 6.47. The minimum Gasteiger partial charge on any atom is -0.305 e. The molecule has 1 N–H and O–H groups in total. The van der Waals surface area contributed by atoms with Crippen LogP contribution < -0.4 is 5.32 Å². The zero-order valence-corrected chi connectivity index (χ0v) is 16.8. The van der Waals surface area contributed by atoms with Crippen LogP contribution in [0.15, 0.2) is 24.3 Å². The molecule has 0 spiro atoms. The number of nitrogens with zero attached hydrogens (tertiary/aromatic N) is 5.